The number of carbonyl (C=O) groups excluding carboxylic acids is 1. The molecule has 0 saturated carbocycles. The Morgan fingerprint density at radius 3 is 3.05 bits per heavy atom. The van der Waals surface area contributed by atoms with Crippen molar-refractivity contribution >= 4 is 28.4 Å². The lowest BCUT2D eigenvalue weighted by atomic mass is 10.1. The van der Waals surface area contributed by atoms with E-state index in [-0.39, 0.29) is 5.91 Å². The lowest BCUT2D eigenvalue weighted by Gasteiger charge is -2.15. The maximum Gasteiger partial charge on any atom is 0.275 e. The number of alkyl halides is 1. The summed E-state index contributed by atoms with van der Waals surface area (Å²) in [6, 6.07) is 7.85. The van der Waals surface area contributed by atoms with Gasteiger partial charge >= 0.3 is 0 Å². The van der Waals surface area contributed by atoms with E-state index in [1.165, 1.54) is 0 Å². The Bertz CT molecular complexity index is 637. The van der Waals surface area contributed by atoms with Crippen LogP contribution < -0.4 is 0 Å². The molecule has 1 saturated heterocycles. The summed E-state index contributed by atoms with van der Waals surface area (Å²) in [5, 5.41) is 5.34. The van der Waals surface area contributed by atoms with E-state index < -0.39 is 0 Å². The predicted molar refractivity (Wildman–Crippen MR) is 80.1 cm³/mol. The van der Waals surface area contributed by atoms with Crippen LogP contribution in [0.4, 0.5) is 0 Å². The van der Waals surface area contributed by atoms with E-state index in [1.54, 1.807) is 4.68 Å². The molecule has 2 aromatic rings. The molecule has 0 aliphatic carbocycles. The van der Waals surface area contributed by atoms with Crippen molar-refractivity contribution in [1.29, 1.82) is 0 Å². The van der Waals surface area contributed by atoms with Crippen LogP contribution >= 0.6 is 11.6 Å². The molecule has 4 nitrogen and oxygen atoms in total. The van der Waals surface area contributed by atoms with Gasteiger partial charge in [0.25, 0.3) is 5.91 Å². The van der Waals surface area contributed by atoms with Gasteiger partial charge in [-0.2, -0.15) is 5.10 Å². The number of aromatic nitrogens is 2. The Balaban J connectivity index is 1.86. The van der Waals surface area contributed by atoms with E-state index in [2.05, 4.69) is 5.10 Å². The highest BCUT2D eigenvalue weighted by molar-refractivity contribution is 6.17. The summed E-state index contributed by atoms with van der Waals surface area (Å²) in [6.45, 7) is 1.61. The molecule has 5 heteroatoms. The second-order valence-corrected chi connectivity index (χ2v) is 5.75. The highest BCUT2D eigenvalue weighted by atomic mass is 35.5. The van der Waals surface area contributed by atoms with Gasteiger partial charge in [0, 0.05) is 31.4 Å². The summed E-state index contributed by atoms with van der Waals surface area (Å²) < 4.78 is 1.77. The Labute approximate surface area is 123 Å². The fourth-order valence-electron chi connectivity index (χ4n) is 2.93. The molecule has 1 aliphatic rings. The second kappa shape index (κ2) is 5.44. The minimum Gasteiger partial charge on any atom is -0.337 e. The number of fused-ring (bicyclic) bond motifs is 1. The first-order chi connectivity index (χ1) is 9.70. The fourth-order valence-corrected chi connectivity index (χ4v) is 3.24. The van der Waals surface area contributed by atoms with Gasteiger partial charge in [-0.05, 0) is 24.8 Å². The van der Waals surface area contributed by atoms with E-state index in [4.69, 9.17) is 11.6 Å². The number of carbonyl (C=O) groups is 1. The highest BCUT2D eigenvalue weighted by Crippen LogP contribution is 2.24. The third kappa shape index (κ3) is 2.29. The SMILES string of the molecule is Cn1nc(C(=O)N2CCC(CCCl)C2)c2ccccc21. The number of hydrogen-bond donors (Lipinski definition) is 0. The molecular weight excluding hydrogens is 274 g/mol. The second-order valence-electron chi connectivity index (χ2n) is 5.37. The van der Waals surface area contributed by atoms with Gasteiger partial charge in [-0.3, -0.25) is 9.48 Å². The van der Waals surface area contributed by atoms with Crippen molar-refractivity contribution in [2.24, 2.45) is 13.0 Å². The Morgan fingerprint density at radius 2 is 2.25 bits per heavy atom. The number of hydrogen-bond acceptors (Lipinski definition) is 2. The minimum absolute atomic E-state index is 0.0406. The van der Waals surface area contributed by atoms with Crippen LogP contribution in [0.3, 0.4) is 0 Å². The third-order valence-corrected chi connectivity index (χ3v) is 4.27. The van der Waals surface area contributed by atoms with Crippen LogP contribution in [0.5, 0.6) is 0 Å². The van der Waals surface area contributed by atoms with Gasteiger partial charge in [0.05, 0.1) is 5.52 Å². The molecular formula is C15H18ClN3O. The maximum atomic E-state index is 12.6. The standard InChI is InChI=1S/C15H18ClN3O/c1-18-13-5-3-2-4-12(13)14(17-18)15(20)19-9-7-11(10-19)6-8-16/h2-5,11H,6-10H2,1H3. The summed E-state index contributed by atoms with van der Waals surface area (Å²) in [6.07, 6.45) is 2.03. The number of amides is 1. The number of aryl methyl sites for hydroxylation is 1. The maximum absolute atomic E-state index is 12.6. The van der Waals surface area contributed by atoms with Crippen molar-refractivity contribution < 1.29 is 4.79 Å². The average molecular weight is 292 g/mol. The van der Waals surface area contributed by atoms with Crippen LogP contribution in [0.15, 0.2) is 24.3 Å². The van der Waals surface area contributed by atoms with E-state index in [9.17, 15) is 4.79 Å². The molecule has 106 valence electrons. The normalized spacial score (nSPS) is 18.9. The Hall–Kier alpha value is -1.55. The first-order valence-electron chi connectivity index (χ1n) is 6.97. The number of para-hydroxylation sites is 1. The van der Waals surface area contributed by atoms with Crippen molar-refractivity contribution in [1.82, 2.24) is 14.7 Å². The topological polar surface area (TPSA) is 38.1 Å². The monoisotopic (exact) mass is 291 g/mol. The Kier molecular flexibility index (Phi) is 3.66. The van der Waals surface area contributed by atoms with Crippen LogP contribution in [0.25, 0.3) is 10.9 Å². The van der Waals surface area contributed by atoms with E-state index in [0.29, 0.717) is 17.5 Å². The molecule has 1 aromatic heterocycles. The molecule has 1 aromatic carbocycles. The summed E-state index contributed by atoms with van der Waals surface area (Å²) in [5.41, 5.74) is 1.56. The molecule has 1 unspecified atom stereocenters. The number of rotatable bonds is 3. The van der Waals surface area contributed by atoms with Gasteiger partial charge in [-0.15, -0.1) is 11.6 Å². The van der Waals surface area contributed by atoms with Crippen molar-refractivity contribution in [2.45, 2.75) is 12.8 Å². The molecule has 1 atom stereocenters. The summed E-state index contributed by atoms with van der Waals surface area (Å²) in [7, 11) is 1.87. The van der Waals surface area contributed by atoms with Crippen molar-refractivity contribution in [2.75, 3.05) is 19.0 Å². The van der Waals surface area contributed by atoms with Crippen molar-refractivity contribution in [3.05, 3.63) is 30.0 Å². The van der Waals surface area contributed by atoms with Gasteiger partial charge in [0.2, 0.25) is 0 Å². The number of nitrogens with zero attached hydrogens (tertiary/aromatic N) is 3. The zero-order valence-corrected chi connectivity index (χ0v) is 12.3. The molecule has 1 fully saturated rings. The largest absolute Gasteiger partial charge is 0.337 e. The van der Waals surface area contributed by atoms with Gasteiger partial charge in [-0.25, -0.2) is 0 Å². The van der Waals surface area contributed by atoms with Crippen LogP contribution in [0.1, 0.15) is 23.3 Å². The zero-order valence-electron chi connectivity index (χ0n) is 11.6. The fraction of sp³-hybridized carbons (Fsp3) is 0.467. The highest BCUT2D eigenvalue weighted by Gasteiger charge is 2.29. The van der Waals surface area contributed by atoms with Gasteiger partial charge in [0.15, 0.2) is 5.69 Å². The van der Waals surface area contributed by atoms with Gasteiger partial charge in [0.1, 0.15) is 0 Å². The van der Waals surface area contributed by atoms with Gasteiger partial charge in [-0.1, -0.05) is 18.2 Å². The molecule has 20 heavy (non-hydrogen) atoms. The average Bonchev–Trinajstić information content (AvgIpc) is 3.05. The molecule has 1 aliphatic heterocycles. The van der Waals surface area contributed by atoms with Crippen LogP contribution in [0, 0.1) is 5.92 Å². The third-order valence-electron chi connectivity index (χ3n) is 4.05. The summed E-state index contributed by atoms with van der Waals surface area (Å²) in [5.74, 6) is 1.24. The smallest absolute Gasteiger partial charge is 0.275 e. The van der Waals surface area contributed by atoms with Crippen molar-refractivity contribution in [3.63, 3.8) is 0 Å². The molecule has 0 N–H and O–H groups in total. The van der Waals surface area contributed by atoms with E-state index >= 15 is 0 Å². The first kappa shape index (κ1) is 13.4. The molecule has 2 heterocycles. The van der Waals surface area contributed by atoms with Crippen molar-refractivity contribution in [3.8, 4) is 0 Å². The lowest BCUT2D eigenvalue weighted by molar-refractivity contribution is 0.0782. The van der Waals surface area contributed by atoms with Crippen LogP contribution in [-0.4, -0.2) is 39.6 Å². The minimum atomic E-state index is 0.0406. The number of halogens is 1. The summed E-state index contributed by atoms with van der Waals surface area (Å²) in [4.78, 5) is 14.5. The predicted octanol–water partition coefficient (Wildman–Crippen LogP) is 2.66. The van der Waals surface area contributed by atoms with Crippen LogP contribution in [-0.2, 0) is 7.05 Å². The van der Waals surface area contributed by atoms with E-state index in [0.717, 1.165) is 36.8 Å². The number of likely N-dealkylation sites (tertiary alicyclic amines) is 1. The van der Waals surface area contributed by atoms with Gasteiger partial charge < -0.3 is 4.90 Å². The van der Waals surface area contributed by atoms with Crippen LogP contribution in [0.2, 0.25) is 0 Å². The molecule has 1 amide bonds. The molecule has 0 radical (unpaired) electrons. The molecule has 0 spiro atoms. The van der Waals surface area contributed by atoms with E-state index in [1.807, 2.05) is 36.2 Å². The number of benzene rings is 1. The summed E-state index contributed by atoms with van der Waals surface area (Å²) >= 11 is 5.79. The zero-order chi connectivity index (χ0) is 14.1. The lowest BCUT2D eigenvalue weighted by Crippen LogP contribution is -2.29. The molecule has 0 bridgehead atoms. The Morgan fingerprint density at radius 1 is 1.45 bits per heavy atom. The first-order valence-corrected chi connectivity index (χ1v) is 7.51. The quantitative estimate of drug-likeness (QED) is 0.816. The molecule has 3 rings (SSSR count).